The molecule has 0 radical (unpaired) electrons. The minimum absolute atomic E-state index is 0.0726. The van der Waals surface area contributed by atoms with Crippen LogP contribution in [-0.4, -0.2) is 22.9 Å². The fourth-order valence-corrected chi connectivity index (χ4v) is 3.55. The molecule has 0 saturated carbocycles. The van der Waals surface area contributed by atoms with Crippen LogP contribution in [0.15, 0.2) is 77.2 Å². The van der Waals surface area contributed by atoms with Gasteiger partial charge in [0.2, 0.25) is 24.5 Å². The molecule has 2 heterocycles. The van der Waals surface area contributed by atoms with Gasteiger partial charge >= 0.3 is 0 Å². The van der Waals surface area contributed by atoms with Crippen LogP contribution in [-0.2, 0) is 17.8 Å². The van der Waals surface area contributed by atoms with Crippen molar-refractivity contribution < 1.29 is 23.4 Å². The van der Waals surface area contributed by atoms with Crippen molar-refractivity contribution in [1.82, 2.24) is 10.2 Å². The topological polar surface area (TPSA) is 95.7 Å². The summed E-state index contributed by atoms with van der Waals surface area (Å²) in [5.41, 5.74) is 2.54. The summed E-state index contributed by atoms with van der Waals surface area (Å²) in [6, 6.07) is 22.7. The lowest BCUT2D eigenvalue weighted by molar-refractivity contribution is -0.116. The number of ether oxygens (including phenoxy) is 3. The van der Waals surface area contributed by atoms with Gasteiger partial charge in [0.25, 0.3) is 0 Å². The molecule has 172 valence electrons. The van der Waals surface area contributed by atoms with Gasteiger partial charge in [-0.1, -0.05) is 30.3 Å². The van der Waals surface area contributed by atoms with E-state index in [0.29, 0.717) is 54.9 Å². The Morgan fingerprint density at radius 1 is 0.941 bits per heavy atom. The van der Waals surface area contributed by atoms with Gasteiger partial charge in [-0.3, -0.25) is 4.79 Å². The molecule has 0 atom stereocenters. The fourth-order valence-electron chi connectivity index (χ4n) is 3.55. The lowest BCUT2D eigenvalue weighted by atomic mass is 10.2. The maximum absolute atomic E-state index is 12.4. The minimum atomic E-state index is -0.0726. The van der Waals surface area contributed by atoms with Crippen LogP contribution in [0, 0.1) is 0 Å². The van der Waals surface area contributed by atoms with Gasteiger partial charge in [-0.15, -0.1) is 10.2 Å². The second-order valence-electron chi connectivity index (χ2n) is 7.77. The van der Waals surface area contributed by atoms with E-state index in [1.807, 2.05) is 66.7 Å². The Bertz CT molecular complexity index is 1270. The van der Waals surface area contributed by atoms with Crippen molar-refractivity contribution >= 4 is 11.6 Å². The van der Waals surface area contributed by atoms with E-state index in [9.17, 15) is 4.79 Å². The number of carbonyl (C=O) groups excluding carboxylic acids is 1. The predicted octanol–water partition coefficient (Wildman–Crippen LogP) is 5.01. The number of nitrogens with one attached hydrogen (secondary N) is 1. The Kier molecular flexibility index (Phi) is 6.38. The summed E-state index contributed by atoms with van der Waals surface area (Å²) < 4.78 is 22.2. The first-order valence-electron chi connectivity index (χ1n) is 11.0. The molecular formula is C26H23N3O5. The Morgan fingerprint density at radius 2 is 1.82 bits per heavy atom. The lowest BCUT2D eigenvalue weighted by Crippen LogP contribution is -2.11. The van der Waals surface area contributed by atoms with Crippen molar-refractivity contribution in [2.45, 2.75) is 25.9 Å². The number of hydrogen-bond donors (Lipinski definition) is 1. The minimum Gasteiger partial charge on any atom is -0.489 e. The number of aryl methyl sites for hydroxylation is 1. The van der Waals surface area contributed by atoms with Gasteiger partial charge in [0.1, 0.15) is 12.4 Å². The molecule has 4 aromatic rings. The summed E-state index contributed by atoms with van der Waals surface area (Å²) in [4.78, 5) is 12.4. The molecule has 1 N–H and O–H groups in total. The maximum atomic E-state index is 12.4. The Labute approximate surface area is 196 Å². The molecule has 8 heteroatoms. The van der Waals surface area contributed by atoms with Crippen molar-refractivity contribution in [3.05, 3.63) is 84.3 Å². The number of carbonyl (C=O) groups is 1. The molecular weight excluding hydrogens is 434 g/mol. The predicted molar refractivity (Wildman–Crippen MR) is 125 cm³/mol. The van der Waals surface area contributed by atoms with Crippen LogP contribution in [0.3, 0.4) is 0 Å². The smallest absolute Gasteiger partial charge is 0.247 e. The van der Waals surface area contributed by atoms with Gasteiger partial charge in [0.15, 0.2) is 11.5 Å². The molecule has 8 nitrogen and oxygen atoms in total. The molecule has 1 aliphatic rings. The van der Waals surface area contributed by atoms with Crippen molar-refractivity contribution in [1.29, 1.82) is 0 Å². The molecule has 1 aliphatic heterocycles. The number of benzene rings is 3. The first kappa shape index (κ1) is 21.5. The molecule has 1 aromatic heterocycles. The summed E-state index contributed by atoms with van der Waals surface area (Å²) in [5, 5.41) is 11.1. The highest BCUT2D eigenvalue weighted by Gasteiger charge is 2.14. The molecule has 5 rings (SSSR count). The highest BCUT2D eigenvalue weighted by molar-refractivity contribution is 5.90. The van der Waals surface area contributed by atoms with Crippen LogP contribution in [0.4, 0.5) is 5.69 Å². The number of anilines is 1. The zero-order chi connectivity index (χ0) is 23.2. The lowest BCUT2D eigenvalue weighted by Gasteiger charge is -2.09. The van der Waals surface area contributed by atoms with Gasteiger partial charge in [-0.25, -0.2) is 0 Å². The molecule has 34 heavy (non-hydrogen) atoms. The number of fused-ring (bicyclic) bond motifs is 1. The first-order chi connectivity index (χ1) is 16.7. The van der Waals surface area contributed by atoms with Crippen molar-refractivity contribution in [3.8, 4) is 28.7 Å². The summed E-state index contributed by atoms with van der Waals surface area (Å²) in [6.45, 7) is 0.592. The first-order valence-corrected chi connectivity index (χ1v) is 11.0. The summed E-state index contributed by atoms with van der Waals surface area (Å²) in [6.07, 6.45) is 1.49. The average molecular weight is 457 g/mol. The van der Waals surface area contributed by atoms with E-state index < -0.39 is 0 Å². The normalized spacial score (nSPS) is 11.9. The van der Waals surface area contributed by atoms with Crippen LogP contribution < -0.4 is 19.5 Å². The van der Waals surface area contributed by atoms with Gasteiger partial charge in [-0.05, 0) is 48.4 Å². The third-order valence-electron chi connectivity index (χ3n) is 5.24. The van der Waals surface area contributed by atoms with E-state index in [2.05, 4.69) is 15.5 Å². The summed E-state index contributed by atoms with van der Waals surface area (Å²) in [7, 11) is 0. The fraction of sp³-hybridized carbons (Fsp3) is 0.192. The molecule has 0 fully saturated rings. The number of hydrogen-bond acceptors (Lipinski definition) is 7. The van der Waals surface area contributed by atoms with E-state index in [1.165, 1.54) is 0 Å². The van der Waals surface area contributed by atoms with Gasteiger partial charge < -0.3 is 23.9 Å². The zero-order valence-electron chi connectivity index (χ0n) is 18.4. The molecule has 1 amide bonds. The Morgan fingerprint density at radius 3 is 2.74 bits per heavy atom. The second-order valence-corrected chi connectivity index (χ2v) is 7.77. The average Bonchev–Trinajstić information content (AvgIpc) is 3.53. The SMILES string of the molecule is O=C(CCCc1nnc(-c2ccccc2)o1)Nc1cccc(COc2ccc3c(c2)OCO3)c1. The van der Waals surface area contributed by atoms with E-state index >= 15 is 0 Å². The number of nitrogens with zero attached hydrogens (tertiary/aromatic N) is 2. The van der Waals surface area contributed by atoms with E-state index in [1.54, 1.807) is 6.07 Å². The number of aromatic nitrogens is 2. The molecule has 3 aromatic carbocycles. The van der Waals surface area contributed by atoms with Crippen LogP contribution in [0.25, 0.3) is 11.5 Å². The maximum Gasteiger partial charge on any atom is 0.247 e. The molecule has 0 saturated heterocycles. The zero-order valence-corrected chi connectivity index (χ0v) is 18.4. The third-order valence-corrected chi connectivity index (χ3v) is 5.24. The van der Waals surface area contributed by atoms with Crippen LogP contribution in [0.1, 0.15) is 24.3 Å². The molecule has 0 spiro atoms. The van der Waals surface area contributed by atoms with E-state index in [0.717, 1.165) is 16.8 Å². The second kappa shape index (κ2) is 10.1. The highest BCUT2D eigenvalue weighted by atomic mass is 16.7. The standard InChI is InChI=1S/C26H23N3O5/c30-24(10-5-11-25-28-29-26(34-25)19-7-2-1-3-8-19)27-20-9-4-6-18(14-20)16-31-21-12-13-22-23(15-21)33-17-32-22/h1-4,6-9,12-15H,5,10-11,16-17H2,(H,27,30). The number of rotatable bonds is 9. The summed E-state index contributed by atoms with van der Waals surface area (Å²) in [5.74, 6) is 3.02. The van der Waals surface area contributed by atoms with Crippen molar-refractivity contribution in [2.24, 2.45) is 0 Å². The van der Waals surface area contributed by atoms with Crippen molar-refractivity contribution in [2.75, 3.05) is 12.1 Å². The molecule has 0 aliphatic carbocycles. The van der Waals surface area contributed by atoms with Crippen molar-refractivity contribution in [3.63, 3.8) is 0 Å². The van der Waals surface area contributed by atoms with E-state index in [4.69, 9.17) is 18.6 Å². The van der Waals surface area contributed by atoms with Crippen LogP contribution in [0.5, 0.6) is 17.2 Å². The molecule has 0 unspecified atom stereocenters. The molecule has 0 bridgehead atoms. The Balaban J connectivity index is 1.09. The van der Waals surface area contributed by atoms with Gasteiger partial charge in [0, 0.05) is 30.2 Å². The highest BCUT2D eigenvalue weighted by Crippen LogP contribution is 2.35. The van der Waals surface area contributed by atoms with Gasteiger partial charge in [-0.2, -0.15) is 0 Å². The van der Waals surface area contributed by atoms with Crippen LogP contribution >= 0.6 is 0 Å². The third kappa shape index (κ3) is 5.35. The van der Waals surface area contributed by atoms with E-state index in [-0.39, 0.29) is 12.7 Å². The van der Waals surface area contributed by atoms with Crippen LogP contribution in [0.2, 0.25) is 0 Å². The largest absolute Gasteiger partial charge is 0.489 e. The van der Waals surface area contributed by atoms with Gasteiger partial charge in [0.05, 0.1) is 0 Å². The number of amides is 1. The Hall–Kier alpha value is -4.33. The summed E-state index contributed by atoms with van der Waals surface area (Å²) >= 11 is 0. The monoisotopic (exact) mass is 457 g/mol. The quantitative estimate of drug-likeness (QED) is 0.378.